The molecule has 0 aliphatic carbocycles. The summed E-state index contributed by atoms with van der Waals surface area (Å²) in [6, 6.07) is 8.89. The molecule has 0 spiro atoms. The molecule has 2 aromatic carbocycles. The number of esters is 2. The van der Waals surface area contributed by atoms with E-state index < -0.39 is 32.1 Å². The summed E-state index contributed by atoms with van der Waals surface area (Å²) >= 11 is 17.1. The molecule has 0 unspecified atom stereocenters. The highest BCUT2D eigenvalue weighted by molar-refractivity contribution is 14.1. The van der Waals surface area contributed by atoms with Gasteiger partial charge in [-0.2, -0.15) is 8.42 Å². The van der Waals surface area contributed by atoms with Crippen LogP contribution in [0.25, 0.3) is 0 Å². The Morgan fingerprint density at radius 2 is 1.24 bits per heavy atom. The van der Waals surface area contributed by atoms with Gasteiger partial charge in [-0.05, 0) is 104 Å². The van der Waals surface area contributed by atoms with Gasteiger partial charge in [-0.25, -0.2) is 9.59 Å². The van der Waals surface area contributed by atoms with Crippen molar-refractivity contribution in [1.82, 2.24) is 0 Å². The third kappa shape index (κ3) is 6.90. The molecule has 0 radical (unpaired) electrons. The smallest absolute Gasteiger partial charge is 0.356 e. The lowest BCUT2D eigenvalue weighted by Crippen LogP contribution is -2.15. The molecule has 2 rings (SSSR count). The predicted octanol–water partition coefficient (Wildman–Crippen LogP) is 4.95. The Balaban J connectivity index is 2.20. The SMILES string of the molecule is O=C(Oc1ccc(I)cc1)/C(Cl)=C(/Cl)C(=O)Oc1cc(I)c(S(=O)(=O)O)c(I)c1. The summed E-state index contributed by atoms with van der Waals surface area (Å²) in [5.41, 5.74) is 0. The fraction of sp³-hybridized carbons (Fsp3) is 0. The number of carbonyl (C=O) groups is 2. The lowest BCUT2D eigenvalue weighted by atomic mass is 10.3. The van der Waals surface area contributed by atoms with Crippen LogP contribution in [0.15, 0.2) is 51.4 Å². The van der Waals surface area contributed by atoms with Crippen LogP contribution in [0.1, 0.15) is 0 Å². The molecular weight excluding hydrogens is 788 g/mol. The number of halogens is 5. The molecule has 0 fully saturated rings. The largest absolute Gasteiger partial charge is 0.422 e. The van der Waals surface area contributed by atoms with E-state index in [2.05, 4.69) is 22.6 Å². The second-order valence-corrected chi connectivity index (χ2v) is 10.7. The van der Waals surface area contributed by atoms with Gasteiger partial charge < -0.3 is 9.47 Å². The Hall–Kier alpha value is -0.200. The fourth-order valence-corrected chi connectivity index (χ4v) is 6.41. The van der Waals surface area contributed by atoms with Crippen molar-refractivity contribution in [1.29, 1.82) is 0 Å². The van der Waals surface area contributed by atoms with Crippen molar-refractivity contribution in [3.63, 3.8) is 0 Å². The standard InChI is InChI=1S/C16H7Cl2I3O7S/c17-12(15(22)27-8-3-1-7(19)2-4-8)13(18)16(23)28-9-5-10(20)14(11(21)6-9)29(24,25)26/h1-6H,(H,24,25,26)/b13-12-. The first-order valence-electron chi connectivity index (χ1n) is 7.12. The van der Waals surface area contributed by atoms with Crippen LogP contribution in [-0.2, 0) is 19.7 Å². The number of ether oxygens (including phenoxy) is 2. The quantitative estimate of drug-likeness (QED) is 0.150. The number of hydrogen-bond acceptors (Lipinski definition) is 6. The summed E-state index contributed by atoms with van der Waals surface area (Å²) in [5, 5.41) is -1.40. The average molecular weight is 795 g/mol. The van der Waals surface area contributed by atoms with Crippen LogP contribution < -0.4 is 9.47 Å². The number of rotatable bonds is 5. The molecular formula is C16H7Cl2I3O7S. The first-order valence-corrected chi connectivity index (χ1v) is 12.5. The molecule has 13 heteroatoms. The maximum atomic E-state index is 12.2. The van der Waals surface area contributed by atoms with Crippen LogP contribution in [0.2, 0.25) is 0 Å². The van der Waals surface area contributed by atoms with Gasteiger partial charge in [-0.3, -0.25) is 4.55 Å². The fourth-order valence-electron chi connectivity index (χ4n) is 1.83. The molecule has 29 heavy (non-hydrogen) atoms. The van der Waals surface area contributed by atoms with E-state index in [0.29, 0.717) is 0 Å². The highest BCUT2D eigenvalue weighted by atomic mass is 127. The van der Waals surface area contributed by atoms with Crippen molar-refractivity contribution >= 4 is 113 Å². The molecule has 2 aromatic rings. The number of carbonyl (C=O) groups excluding carboxylic acids is 2. The van der Waals surface area contributed by atoms with Crippen molar-refractivity contribution in [2.24, 2.45) is 0 Å². The molecule has 0 aliphatic rings. The number of benzene rings is 2. The van der Waals surface area contributed by atoms with Crippen LogP contribution in [0, 0.1) is 10.7 Å². The van der Waals surface area contributed by atoms with Crippen molar-refractivity contribution in [2.45, 2.75) is 4.90 Å². The monoisotopic (exact) mass is 794 g/mol. The van der Waals surface area contributed by atoms with Gasteiger partial charge in [0.25, 0.3) is 10.1 Å². The third-order valence-electron chi connectivity index (χ3n) is 3.02. The van der Waals surface area contributed by atoms with Gasteiger partial charge in [0.1, 0.15) is 16.4 Å². The van der Waals surface area contributed by atoms with E-state index in [1.807, 2.05) is 0 Å². The third-order valence-corrected chi connectivity index (χ3v) is 7.91. The zero-order valence-electron chi connectivity index (χ0n) is 13.7. The summed E-state index contributed by atoms with van der Waals surface area (Å²) in [7, 11) is -4.46. The first-order chi connectivity index (χ1) is 13.4. The molecule has 0 aromatic heterocycles. The molecule has 154 valence electrons. The molecule has 0 atom stereocenters. The molecule has 0 saturated carbocycles. The minimum atomic E-state index is -4.46. The Kier molecular flexibility index (Phi) is 9.00. The highest BCUT2D eigenvalue weighted by Gasteiger charge is 2.24. The van der Waals surface area contributed by atoms with Crippen molar-refractivity contribution in [3.8, 4) is 11.5 Å². The lowest BCUT2D eigenvalue weighted by molar-refractivity contribution is -0.132. The van der Waals surface area contributed by atoms with Crippen LogP contribution in [0.5, 0.6) is 11.5 Å². The van der Waals surface area contributed by atoms with Gasteiger partial charge in [0.2, 0.25) is 0 Å². The van der Waals surface area contributed by atoms with E-state index in [0.717, 1.165) is 3.57 Å². The van der Waals surface area contributed by atoms with Gasteiger partial charge in [0, 0.05) is 10.7 Å². The highest BCUT2D eigenvalue weighted by Crippen LogP contribution is 2.30. The summed E-state index contributed by atoms with van der Waals surface area (Å²) in [5.74, 6) is -2.07. The first kappa shape index (κ1) is 25.1. The summed E-state index contributed by atoms with van der Waals surface area (Å²) < 4.78 is 43.2. The second-order valence-electron chi connectivity index (χ2n) is 5.05. The Morgan fingerprint density at radius 1 is 0.828 bits per heavy atom. The van der Waals surface area contributed by atoms with E-state index in [1.165, 1.54) is 24.3 Å². The topological polar surface area (TPSA) is 107 Å². The molecule has 1 N–H and O–H groups in total. The van der Waals surface area contributed by atoms with Crippen LogP contribution in [0.3, 0.4) is 0 Å². The summed E-state index contributed by atoms with van der Waals surface area (Å²) in [4.78, 5) is 23.9. The predicted molar refractivity (Wildman–Crippen MR) is 131 cm³/mol. The zero-order chi connectivity index (χ0) is 21.9. The van der Waals surface area contributed by atoms with Crippen molar-refractivity contribution in [2.75, 3.05) is 0 Å². The molecule has 0 heterocycles. The van der Waals surface area contributed by atoms with Gasteiger partial charge in [-0.15, -0.1) is 0 Å². The number of hydrogen-bond donors (Lipinski definition) is 1. The van der Waals surface area contributed by atoms with Gasteiger partial charge in [-0.1, -0.05) is 23.2 Å². The molecule has 0 aliphatic heterocycles. The lowest BCUT2D eigenvalue weighted by Gasteiger charge is -2.09. The summed E-state index contributed by atoms with van der Waals surface area (Å²) in [6.45, 7) is 0. The van der Waals surface area contributed by atoms with E-state index in [9.17, 15) is 22.6 Å². The average Bonchev–Trinajstić information content (AvgIpc) is 2.60. The van der Waals surface area contributed by atoms with Crippen LogP contribution in [0.4, 0.5) is 0 Å². The van der Waals surface area contributed by atoms with E-state index in [1.54, 1.807) is 57.3 Å². The Labute approximate surface area is 216 Å². The minimum Gasteiger partial charge on any atom is -0.422 e. The van der Waals surface area contributed by atoms with Crippen LogP contribution >= 0.6 is 91.0 Å². The van der Waals surface area contributed by atoms with E-state index in [-0.39, 0.29) is 23.5 Å². The van der Waals surface area contributed by atoms with Crippen molar-refractivity contribution < 1.29 is 32.0 Å². The molecule has 7 nitrogen and oxygen atoms in total. The summed E-state index contributed by atoms with van der Waals surface area (Å²) in [6.07, 6.45) is 0. The van der Waals surface area contributed by atoms with E-state index in [4.69, 9.17) is 32.7 Å². The molecule has 0 bridgehead atoms. The van der Waals surface area contributed by atoms with Gasteiger partial charge >= 0.3 is 11.9 Å². The normalized spacial score (nSPS) is 12.2. The Bertz CT molecular complexity index is 1090. The Morgan fingerprint density at radius 3 is 1.66 bits per heavy atom. The second kappa shape index (κ2) is 10.4. The maximum absolute atomic E-state index is 12.2. The molecule has 0 saturated heterocycles. The minimum absolute atomic E-state index is 0.0650. The maximum Gasteiger partial charge on any atom is 0.356 e. The van der Waals surface area contributed by atoms with E-state index >= 15 is 0 Å². The molecule has 0 amide bonds. The van der Waals surface area contributed by atoms with Crippen molar-refractivity contribution in [3.05, 3.63) is 57.2 Å². The van der Waals surface area contributed by atoms with Gasteiger partial charge in [0.15, 0.2) is 10.1 Å². The van der Waals surface area contributed by atoms with Crippen LogP contribution in [-0.4, -0.2) is 24.9 Å². The zero-order valence-corrected chi connectivity index (χ0v) is 22.5. The van der Waals surface area contributed by atoms with Gasteiger partial charge in [0.05, 0.1) is 0 Å².